The number of ether oxygens (including phenoxy) is 2. The quantitative estimate of drug-likeness (QED) is 0.511. The highest BCUT2D eigenvalue weighted by Gasteiger charge is 2.25. The van der Waals surface area contributed by atoms with E-state index in [1.54, 1.807) is 11.0 Å². The highest BCUT2D eigenvalue weighted by atomic mass is 79.9. The van der Waals surface area contributed by atoms with Gasteiger partial charge in [0.1, 0.15) is 6.73 Å². The van der Waals surface area contributed by atoms with Crippen LogP contribution < -0.4 is 9.64 Å². The molecule has 9 nitrogen and oxygen atoms in total. The lowest BCUT2D eigenvalue weighted by Crippen LogP contribution is -2.48. The van der Waals surface area contributed by atoms with Gasteiger partial charge in [0.2, 0.25) is 0 Å². The first-order chi connectivity index (χ1) is 13.0. The number of halogens is 1. The maximum atomic E-state index is 12.0. The van der Waals surface area contributed by atoms with Gasteiger partial charge in [-0.3, -0.25) is 15.0 Å². The Morgan fingerprint density at radius 2 is 1.85 bits per heavy atom. The number of carbonyl (C=O) groups excluding carboxylic acids is 1. The van der Waals surface area contributed by atoms with Crippen molar-refractivity contribution in [2.45, 2.75) is 12.8 Å². The van der Waals surface area contributed by atoms with Crippen LogP contribution in [0, 0.1) is 10.1 Å². The number of benzene rings is 1. The van der Waals surface area contributed by atoms with E-state index in [0.717, 1.165) is 57.8 Å². The molecule has 0 saturated carbocycles. The summed E-state index contributed by atoms with van der Waals surface area (Å²) < 4.78 is 11.2. The molecule has 0 atom stereocenters. The van der Waals surface area contributed by atoms with Gasteiger partial charge in [-0.2, -0.15) is 0 Å². The van der Waals surface area contributed by atoms with Crippen LogP contribution >= 0.6 is 15.9 Å². The average molecular weight is 443 g/mol. The topological polar surface area (TPSA) is 88.4 Å². The molecular formula is C17H23BrN4O5. The van der Waals surface area contributed by atoms with Gasteiger partial charge in [-0.05, 0) is 28.8 Å². The number of nitro groups is 1. The van der Waals surface area contributed by atoms with Gasteiger partial charge >= 0.3 is 11.8 Å². The lowest BCUT2D eigenvalue weighted by molar-refractivity contribution is -0.385. The molecule has 10 heteroatoms. The number of likely N-dealkylation sites (tertiary alicyclic amines) is 1. The van der Waals surface area contributed by atoms with Gasteiger partial charge in [0.15, 0.2) is 5.75 Å². The van der Waals surface area contributed by atoms with Crippen LogP contribution in [0.2, 0.25) is 0 Å². The third-order valence-electron chi connectivity index (χ3n) is 4.89. The fraction of sp³-hybridized carbons (Fsp3) is 0.588. The van der Waals surface area contributed by atoms with E-state index in [2.05, 4.69) is 25.7 Å². The van der Waals surface area contributed by atoms with Gasteiger partial charge in [-0.1, -0.05) is 0 Å². The molecule has 27 heavy (non-hydrogen) atoms. The van der Waals surface area contributed by atoms with E-state index in [1.165, 1.54) is 13.2 Å². The molecule has 2 fully saturated rings. The minimum atomic E-state index is -0.458. The van der Waals surface area contributed by atoms with Gasteiger partial charge in [-0.15, -0.1) is 0 Å². The highest BCUT2D eigenvalue weighted by molar-refractivity contribution is 9.10. The summed E-state index contributed by atoms with van der Waals surface area (Å²) in [6, 6.07) is 3.16. The first kappa shape index (κ1) is 19.7. The summed E-state index contributed by atoms with van der Waals surface area (Å²) in [5.74, 6) is 0.236. The molecule has 2 aliphatic heterocycles. The number of hydrogen-bond donors (Lipinski definition) is 0. The largest absolute Gasteiger partial charge is 0.490 e. The summed E-state index contributed by atoms with van der Waals surface area (Å²) in [6.45, 7) is 4.76. The smallest absolute Gasteiger partial charge is 0.411 e. The summed E-state index contributed by atoms with van der Waals surface area (Å²) >= 11 is 3.43. The molecular weight excluding hydrogens is 420 g/mol. The second-order valence-electron chi connectivity index (χ2n) is 6.57. The highest BCUT2D eigenvalue weighted by Crippen LogP contribution is 2.38. The number of piperazine rings is 1. The van der Waals surface area contributed by atoms with Crippen LogP contribution in [0.25, 0.3) is 0 Å². The number of nitrogens with zero attached hydrogens (tertiary/aromatic N) is 4. The fourth-order valence-electron chi connectivity index (χ4n) is 3.34. The van der Waals surface area contributed by atoms with Crippen LogP contribution in [-0.2, 0) is 4.74 Å². The van der Waals surface area contributed by atoms with Crippen LogP contribution in [0.3, 0.4) is 0 Å². The second kappa shape index (κ2) is 8.75. The van der Waals surface area contributed by atoms with Crippen molar-refractivity contribution in [2.24, 2.45) is 0 Å². The van der Waals surface area contributed by atoms with E-state index in [4.69, 9.17) is 9.47 Å². The fourth-order valence-corrected chi connectivity index (χ4v) is 3.92. The number of nitro benzene ring substituents is 1. The minimum Gasteiger partial charge on any atom is -0.490 e. The summed E-state index contributed by atoms with van der Waals surface area (Å²) in [7, 11) is 1.42. The normalized spacial score (nSPS) is 17.9. The van der Waals surface area contributed by atoms with Crippen LogP contribution in [0.1, 0.15) is 12.8 Å². The Bertz CT molecular complexity index is 703. The van der Waals surface area contributed by atoms with Crippen molar-refractivity contribution >= 4 is 33.4 Å². The number of carbonyl (C=O) groups is 1. The number of amides is 1. The molecule has 0 unspecified atom stereocenters. The minimum absolute atomic E-state index is 0.0689. The van der Waals surface area contributed by atoms with Crippen molar-refractivity contribution < 1.29 is 19.2 Å². The molecule has 0 bridgehead atoms. The Kier molecular flexibility index (Phi) is 6.38. The molecule has 1 amide bonds. The van der Waals surface area contributed by atoms with Crippen LogP contribution in [0.5, 0.6) is 5.75 Å². The van der Waals surface area contributed by atoms with Crippen molar-refractivity contribution in [1.82, 2.24) is 9.80 Å². The van der Waals surface area contributed by atoms with E-state index < -0.39 is 4.92 Å². The first-order valence-electron chi connectivity index (χ1n) is 8.90. The Labute approximate surface area is 166 Å². The molecule has 3 rings (SSSR count). The molecule has 1 aromatic carbocycles. The first-order valence-corrected chi connectivity index (χ1v) is 9.70. The molecule has 2 saturated heterocycles. The molecule has 1 aromatic rings. The Morgan fingerprint density at radius 3 is 2.44 bits per heavy atom. The maximum Gasteiger partial charge on any atom is 0.411 e. The van der Waals surface area contributed by atoms with Crippen molar-refractivity contribution in [3.63, 3.8) is 0 Å². The molecule has 0 spiro atoms. The zero-order chi connectivity index (χ0) is 19.4. The second-order valence-corrected chi connectivity index (χ2v) is 7.43. The van der Waals surface area contributed by atoms with Gasteiger partial charge in [0.25, 0.3) is 0 Å². The SMILES string of the molecule is COc1cc(N2CCN(COC(=O)N3CCCC3)CC2)c(Br)cc1[N+](=O)[O-]. The van der Waals surface area contributed by atoms with Gasteiger partial charge in [0, 0.05) is 55.9 Å². The van der Waals surface area contributed by atoms with Crippen molar-refractivity contribution in [1.29, 1.82) is 0 Å². The van der Waals surface area contributed by atoms with Gasteiger partial charge in [0.05, 0.1) is 17.7 Å². The molecule has 2 heterocycles. The monoisotopic (exact) mass is 442 g/mol. The number of rotatable bonds is 5. The lowest BCUT2D eigenvalue weighted by atomic mass is 10.2. The Hall–Kier alpha value is -2.07. The molecule has 0 aromatic heterocycles. The van der Waals surface area contributed by atoms with Gasteiger partial charge in [-0.25, -0.2) is 4.79 Å². The Balaban J connectivity index is 1.55. The summed E-state index contributed by atoms with van der Waals surface area (Å²) in [6.07, 6.45) is 1.85. The molecule has 0 aliphatic carbocycles. The standard InChI is InChI=1S/C17H23BrN4O5/c1-26-16-11-14(13(18)10-15(16)22(24)25)20-8-6-19(7-9-20)12-27-17(23)21-4-2-3-5-21/h10-11H,2-9,12H2,1H3. The van der Waals surface area contributed by atoms with E-state index in [1.807, 2.05) is 0 Å². The predicted octanol–water partition coefficient (Wildman–Crippen LogP) is 2.68. The van der Waals surface area contributed by atoms with E-state index >= 15 is 0 Å². The van der Waals surface area contributed by atoms with Crippen molar-refractivity contribution in [2.75, 3.05) is 58.0 Å². The third-order valence-corrected chi connectivity index (χ3v) is 5.53. The maximum absolute atomic E-state index is 12.0. The number of anilines is 1. The molecule has 0 radical (unpaired) electrons. The van der Waals surface area contributed by atoms with Gasteiger partial charge < -0.3 is 19.3 Å². The molecule has 2 aliphatic rings. The summed E-state index contributed by atoms with van der Waals surface area (Å²) in [5.41, 5.74) is 0.784. The lowest BCUT2D eigenvalue weighted by Gasteiger charge is -2.36. The van der Waals surface area contributed by atoms with E-state index in [0.29, 0.717) is 4.47 Å². The zero-order valence-corrected chi connectivity index (χ0v) is 16.8. The Morgan fingerprint density at radius 1 is 1.19 bits per heavy atom. The van der Waals surface area contributed by atoms with Crippen molar-refractivity contribution in [3.05, 3.63) is 26.7 Å². The van der Waals surface area contributed by atoms with Crippen LogP contribution in [0.15, 0.2) is 16.6 Å². The average Bonchev–Trinajstić information content (AvgIpc) is 3.21. The van der Waals surface area contributed by atoms with E-state index in [9.17, 15) is 14.9 Å². The van der Waals surface area contributed by atoms with Crippen LogP contribution in [0.4, 0.5) is 16.2 Å². The summed E-state index contributed by atoms with van der Waals surface area (Å²) in [4.78, 5) is 28.6. The zero-order valence-electron chi connectivity index (χ0n) is 15.2. The van der Waals surface area contributed by atoms with Crippen molar-refractivity contribution in [3.8, 4) is 5.75 Å². The molecule has 0 N–H and O–H groups in total. The number of methoxy groups -OCH3 is 1. The number of hydrogen-bond acceptors (Lipinski definition) is 7. The third kappa shape index (κ3) is 4.62. The molecule has 148 valence electrons. The van der Waals surface area contributed by atoms with E-state index in [-0.39, 0.29) is 24.3 Å². The van der Waals surface area contributed by atoms with Crippen LogP contribution in [-0.4, -0.2) is 73.9 Å². The predicted molar refractivity (Wildman–Crippen MR) is 103 cm³/mol. The summed E-state index contributed by atoms with van der Waals surface area (Å²) in [5, 5.41) is 11.1.